The van der Waals surface area contributed by atoms with Crippen LogP contribution in [0.4, 0.5) is 23.7 Å². The molecule has 0 saturated carbocycles. The van der Waals surface area contributed by atoms with E-state index in [-0.39, 0.29) is 17.1 Å². The molecule has 0 atom stereocenters. The number of amides is 3. The maximum Gasteiger partial charge on any atom is 0.416 e. The van der Waals surface area contributed by atoms with E-state index in [9.17, 15) is 27.6 Å². The molecule has 2 aromatic carbocycles. The number of urea groups is 1. The molecule has 0 fully saturated rings. The number of rotatable bonds is 6. The van der Waals surface area contributed by atoms with E-state index in [0.29, 0.717) is 5.69 Å². The van der Waals surface area contributed by atoms with Crippen LogP contribution >= 0.6 is 0 Å². The molecule has 0 aliphatic heterocycles. The number of alkyl halides is 3. The Hall–Kier alpha value is -4.35. The smallest absolute Gasteiger partial charge is 0.416 e. The summed E-state index contributed by atoms with van der Waals surface area (Å²) in [5.41, 5.74) is 1.05. The summed E-state index contributed by atoms with van der Waals surface area (Å²) in [5, 5.41) is 8.49. The summed E-state index contributed by atoms with van der Waals surface area (Å²) in [6, 6.07) is 8.76. The lowest BCUT2D eigenvalue weighted by atomic mass is 10.1. The van der Waals surface area contributed by atoms with Crippen molar-refractivity contribution in [2.45, 2.75) is 20.0 Å². The zero-order chi connectivity index (χ0) is 25.8. The summed E-state index contributed by atoms with van der Waals surface area (Å²) >= 11 is 0. The SMILES string of the molecule is COc1cn(-c2cccc(C(F)(F)F)c2)nc1C(=O)OCC(=O)NC(=O)Nc1cccc(C)c1C. The van der Waals surface area contributed by atoms with Gasteiger partial charge in [0.15, 0.2) is 12.4 Å². The average molecular weight is 490 g/mol. The molecule has 0 aliphatic carbocycles. The topological polar surface area (TPSA) is 112 Å². The van der Waals surface area contributed by atoms with Gasteiger partial charge in [0.25, 0.3) is 5.91 Å². The maximum absolute atomic E-state index is 13.0. The highest BCUT2D eigenvalue weighted by molar-refractivity contribution is 6.02. The number of methoxy groups -OCH3 is 1. The Bertz CT molecular complexity index is 1270. The van der Waals surface area contributed by atoms with Gasteiger partial charge in [-0.25, -0.2) is 14.3 Å². The standard InChI is InChI=1S/C23H21F3N4O5/c1-13-6-4-9-17(14(13)2)27-22(33)28-19(31)12-35-21(32)20-18(34-3)11-30(29-20)16-8-5-7-15(10-16)23(24,25)26/h4-11H,12H2,1-3H3,(H2,27,28,31,33). The van der Waals surface area contributed by atoms with E-state index in [4.69, 9.17) is 9.47 Å². The first-order valence-electron chi connectivity index (χ1n) is 10.1. The van der Waals surface area contributed by atoms with Gasteiger partial charge in [0.05, 0.1) is 24.6 Å². The van der Waals surface area contributed by atoms with E-state index in [2.05, 4.69) is 10.4 Å². The molecule has 1 heterocycles. The van der Waals surface area contributed by atoms with Crippen LogP contribution in [-0.4, -0.2) is 41.4 Å². The molecule has 35 heavy (non-hydrogen) atoms. The number of ether oxygens (including phenoxy) is 2. The number of hydrogen-bond acceptors (Lipinski definition) is 6. The van der Waals surface area contributed by atoms with Crippen molar-refractivity contribution in [2.75, 3.05) is 19.0 Å². The third kappa shape index (κ3) is 6.16. The molecule has 9 nitrogen and oxygen atoms in total. The Balaban J connectivity index is 1.64. The number of aromatic nitrogens is 2. The fraction of sp³-hybridized carbons (Fsp3) is 0.217. The van der Waals surface area contributed by atoms with Crippen LogP contribution in [0.15, 0.2) is 48.7 Å². The Morgan fingerprint density at radius 1 is 1.09 bits per heavy atom. The number of halogens is 3. The van der Waals surface area contributed by atoms with Crippen molar-refractivity contribution in [1.82, 2.24) is 15.1 Å². The van der Waals surface area contributed by atoms with Crippen LogP contribution in [0.5, 0.6) is 5.75 Å². The molecule has 3 rings (SSSR count). The summed E-state index contributed by atoms with van der Waals surface area (Å²) < 4.78 is 49.9. The van der Waals surface area contributed by atoms with E-state index in [0.717, 1.165) is 27.9 Å². The molecule has 1 aromatic heterocycles. The second-order valence-electron chi connectivity index (χ2n) is 7.36. The average Bonchev–Trinajstić information content (AvgIpc) is 3.25. The zero-order valence-electron chi connectivity index (χ0n) is 18.9. The highest BCUT2D eigenvalue weighted by Crippen LogP contribution is 2.31. The molecule has 0 spiro atoms. The van der Waals surface area contributed by atoms with E-state index in [1.807, 2.05) is 18.3 Å². The number of hydrogen-bond donors (Lipinski definition) is 2. The fourth-order valence-electron chi connectivity index (χ4n) is 3.01. The third-order valence-corrected chi connectivity index (χ3v) is 4.97. The summed E-state index contributed by atoms with van der Waals surface area (Å²) in [6.45, 7) is 2.87. The number of anilines is 1. The number of nitrogens with one attached hydrogen (secondary N) is 2. The number of esters is 1. The molecule has 0 bridgehead atoms. The molecule has 2 N–H and O–H groups in total. The lowest BCUT2D eigenvalue weighted by molar-refractivity contribution is -0.137. The van der Waals surface area contributed by atoms with Gasteiger partial charge in [-0.2, -0.15) is 18.3 Å². The van der Waals surface area contributed by atoms with Crippen molar-refractivity contribution in [2.24, 2.45) is 0 Å². The Labute approximate surface area is 197 Å². The van der Waals surface area contributed by atoms with Crippen LogP contribution in [0, 0.1) is 13.8 Å². The first-order chi connectivity index (χ1) is 16.5. The highest BCUT2D eigenvalue weighted by atomic mass is 19.4. The third-order valence-electron chi connectivity index (χ3n) is 4.97. The highest BCUT2D eigenvalue weighted by Gasteiger charge is 2.31. The number of imide groups is 1. The number of carbonyl (C=O) groups excluding carboxylic acids is 3. The molecule has 0 unspecified atom stereocenters. The van der Waals surface area contributed by atoms with Crippen LogP contribution in [0.25, 0.3) is 5.69 Å². The van der Waals surface area contributed by atoms with Gasteiger partial charge in [0, 0.05) is 5.69 Å². The molecule has 0 aliphatic rings. The lowest BCUT2D eigenvalue weighted by Gasteiger charge is -2.11. The van der Waals surface area contributed by atoms with Crippen molar-refractivity contribution >= 4 is 23.6 Å². The van der Waals surface area contributed by atoms with E-state index >= 15 is 0 Å². The van der Waals surface area contributed by atoms with Gasteiger partial charge in [-0.1, -0.05) is 18.2 Å². The predicted molar refractivity (Wildman–Crippen MR) is 118 cm³/mol. The van der Waals surface area contributed by atoms with Crippen molar-refractivity contribution in [3.05, 3.63) is 71.0 Å². The molecule has 3 aromatic rings. The van der Waals surface area contributed by atoms with Crippen LogP contribution < -0.4 is 15.4 Å². The normalized spacial score (nSPS) is 11.0. The van der Waals surface area contributed by atoms with Gasteiger partial charge in [-0.15, -0.1) is 0 Å². The first-order valence-corrected chi connectivity index (χ1v) is 10.1. The Morgan fingerprint density at radius 3 is 2.49 bits per heavy atom. The number of nitrogens with zero attached hydrogens (tertiary/aromatic N) is 2. The van der Waals surface area contributed by atoms with Gasteiger partial charge >= 0.3 is 18.2 Å². The minimum absolute atomic E-state index is 0.0260. The molecule has 184 valence electrons. The minimum Gasteiger partial charge on any atom is -0.493 e. The van der Waals surface area contributed by atoms with Crippen LogP contribution in [-0.2, 0) is 15.7 Å². The van der Waals surface area contributed by atoms with Gasteiger partial charge in [-0.3, -0.25) is 10.1 Å². The molecule has 0 saturated heterocycles. The number of benzene rings is 2. The predicted octanol–water partition coefficient (Wildman–Crippen LogP) is 4.02. The first kappa shape index (κ1) is 25.3. The Kier molecular flexibility index (Phi) is 7.43. The van der Waals surface area contributed by atoms with Gasteiger partial charge in [0.2, 0.25) is 5.69 Å². The lowest BCUT2D eigenvalue weighted by Crippen LogP contribution is -2.37. The Morgan fingerprint density at radius 2 is 1.80 bits per heavy atom. The van der Waals surface area contributed by atoms with Crippen molar-refractivity contribution in [3.8, 4) is 11.4 Å². The second-order valence-corrected chi connectivity index (χ2v) is 7.36. The number of carbonyl (C=O) groups is 3. The van der Waals surface area contributed by atoms with Crippen LogP contribution in [0.1, 0.15) is 27.2 Å². The summed E-state index contributed by atoms with van der Waals surface area (Å²) in [5.74, 6) is -2.06. The van der Waals surface area contributed by atoms with E-state index in [1.165, 1.54) is 25.4 Å². The summed E-state index contributed by atoms with van der Waals surface area (Å²) in [7, 11) is 1.23. The van der Waals surface area contributed by atoms with Crippen molar-refractivity contribution in [3.63, 3.8) is 0 Å². The zero-order valence-corrected chi connectivity index (χ0v) is 18.9. The fourth-order valence-corrected chi connectivity index (χ4v) is 3.01. The molecule has 3 amide bonds. The van der Waals surface area contributed by atoms with E-state index < -0.39 is 36.3 Å². The monoisotopic (exact) mass is 490 g/mol. The molecular weight excluding hydrogens is 469 g/mol. The molecular formula is C23H21F3N4O5. The minimum atomic E-state index is -4.56. The van der Waals surface area contributed by atoms with Crippen LogP contribution in [0.2, 0.25) is 0 Å². The van der Waals surface area contributed by atoms with E-state index in [1.54, 1.807) is 19.1 Å². The molecule has 12 heteroatoms. The maximum atomic E-state index is 13.0. The quantitative estimate of drug-likeness (QED) is 0.505. The van der Waals surface area contributed by atoms with Crippen LogP contribution in [0.3, 0.4) is 0 Å². The van der Waals surface area contributed by atoms with Gasteiger partial charge in [0.1, 0.15) is 0 Å². The summed E-state index contributed by atoms with van der Waals surface area (Å²) in [6.07, 6.45) is -3.36. The van der Waals surface area contributed by atoms with Crippen molar-refractivity contribution in [1.29, 1.82) is 0 Å². The second kappa shape index (κ2) is 10.3. The van der Waals surface area contributed by atoms with Gasteiger partial charge < -0.3 is 14.8 Å². The molecule has 0 radical (unpaired) electrons. The largest absolute Gasteiger partial charge is 0.493 e. The number of aryl methyl sites for hydroxylation is 1. The van der Waals surface area contributed by atoms with Crippen molar-refractivity contribution < 1.29 is 37.0 Å². The summed E-state index contributed by atoms with van der Waals surface area (Å²) in [4.78, 5) is 36.5. The van der Waals surface area contributed by atoms with Gasteiger partial charge in [-0.05, 0) is 49.2 Å².